The number of para-hydroxylation sites is 2. The second-order valence-corrected chi connectivity index (χ2v) is 7.08. The van der Waals surface area contributed by atoms with Gasteiger partial charge in [-0.3, -0.25) is 14.6 Å². The number of benzene rings is 2. The molecule has 0 aliphatic carbocycles. The van der Waals surface area contributed by atoms with Crippen LogP contribution in [-0.2, 0) is 16.1 Å². The first-order chi connectivity index (χ1) is 14.6. The number of anilines is 1. The molecule has 1 fully saturated rings. The lowest BCUT2D eigenvalue weighted by Crippen LogP contribution is -2.28. The smallest absolute Gasteiger partial charge is 0.229 e. The normalized spacial score (nSPS) is 15.8. The van der Waals surface area contributed by atoms with Gasteiger partial charge in [0.25, 0.3) is 0 Å². The van der Waals surface area contributed by atoms with Crippen molar-refractivity contribution in [2.45, 2.75) is 13.0 Å². The van der Waals surface area contributed by atoms with Crippen molar-refractivity contribution in [1.82, 2.24) is 9.88 Å². The van der Waals surface area contributed by atoms with Gasteiger partial charge in [0.05, 0.1) is 11.6 Å². The van der Waals surface area contributed by atoms with E-state index in [-0.39, 0.29) is 24.1 Å². The van der Waals surface area contributed by atoms with Gasteiger partial charge in [-0.2, -0.15) is 0 Å². The summed E-state index contributed by atoms with van der Waals surface area (Å²) in [6.45, 7) is 0.779. The Kier molecular flexibility index (Phi) is 5.70. The molecule has 1 aliphatic heterocycles. The Bertz CT molecular complexity index is 1040. The van der Waals surface area contributed by atoms with Crippen LogP contribution in [0.2, 0.25) is 0 Å². The number of amides is 2. The molecule has 1 saturated heterocycles. The Morgan fingerprint density at radius 2 is 1.93 bits per heavy atom. The van der Waals surface area contributed by atoms with Gasteiger partial charge >= 0.3 is 0 Å². The van der Waals surface area contributed by atoms with E-state index in [9.17, 15) is 14.0 Å². The number of aromatic nitrogens is 1. The summed E-state index contributed by atoms with van der Waals surface area (Å²) in [4.78, 5) is 30.9. The number of hydrogen-bond donors (Lipinski definition) is 1. The standard InChI is InChI=1S/C23H20FN3O3/c24-18-7-9-19(10-8-18)30-21-6-2-1-5-20(21)26-23(29)17-12-22(28)27(15-17)14-16-4-3-11-25-13-16/h1-11,13,17H,12,14-15H2,(H,26,29)/t17-/m0/s1. The van der Waals surface area contributed by atoms with Crippen molar-refractivity contribution in [3.8, 4) is 11.5 Å². The highest BCUT2D eigenvalue weighted by atomic mass is 19.1. The highest BCUT2D eigenvalue weighted by Gasteiger charge is 2.34. The fourth-order valence-electron chi connectivity index (χ4n) is 3.34. The predicted octanol–water partition coefficient (Wildman–Crippen LogP) is 4.00. The van der Waals surface area contributed by atoms with E-state index in [0.29, 0.717) is 30.3 Å². The summed E-state index contributed by atoms with van der Waals surface area (Å²) < 4.78 is 18.9. The first kappa shape index (κ1) is 19.6. The highest BCUT2D eigenvalue weighted by molar-refractivity contribution is 5.98. The van der Waals surface area contributed by atoms with Crippen LogP contribution in [0.15, 0.2) is 73.1 Å². The molecule has 0 unspecified atom stereocenters. The Labute approximate surface area is 173 Å². The number of carbonyl (C=O) groups excluding carboxylic acids is 2. The molecule has 1 N–H and O–H groups in total. The molecule has 2 aromatic carbocycles. The lowest BCUT2D eigenvalue weighted by atomic mass is 10.1. The Balaban J connectivity index is 1.42. The van der Waals surface area contributed by atoms with E-state index in [2.05, 4.69) is 10.3 Å². The van der Waals surface area contributed by atoms with Crippen molar-refractivity contribution >= 4 is 17.5 Å². The van der Waals surface area contributed by atoms with Crippen LogP contribution in [-0.4, -0.2) is 28.2 Å². The summed E-state index contributed by atoms with van der Waals surface area (Å²) in [5.41, 5.74) is 1.41. The fourth-order valence-corrected chi connectivity index (χ4v) is 3.34. The van der Waals surface area contributed by atoms with Crippen molar-refractivity contribution in [2.24, 2.45) is 5.92 Å². The molecule has 3 aromatic rings. The number of nitrogens with one attached hydrogen (secondary N) is 1. The zero-order valence-electron chi connectivity index (χ0n) is 16.1. The number of nitrogens with zero attached hydrogens (tertiary/aromatic N) is 2. The molecule has 1 aliphatic rings. The van der Waals surface area contributed by atoms with Crippen molar-refractivity contribution in [3.63, 3.8) is 0 Å². The molecule has 1 aromatic heterocycles. The lowest BCUT2D eigenvalue weighted by molar-refractivity contribution is -0.128. The molecule has 7 heteroatoms. The van der Waals surface area contributed by atoms with Crippen LogP contribution in [0.5, 0.6) is 11.5 Å². The number of halogens is 1. The molecule has 152 valence electrons. The number of pyridine rings is 1. The predicted molar refractivity (Wildman–Crippen MR) is 109 cm³/mol. The summed E-state index contributed by atoms with van der Waals surface area (Å²) in [7, 11) is 0. The number of rotatable bonds is 6. The minimum Gasteiger partial charge on any atom is -0.455 e. The summed E-state index contributed by atoms with van der Waals surface area (Å²) in [5.74, 6) is -0.216. The lowest BCUT2D eigenvalue weighted by Gasteiger charge is -2.17. The number of hydrogen-bond acceptors (Lipinski definition) is 4. The first-order valence-corrected chi connectivity index (χ1v) is 9.58. The van der Waals surface area contributed by atoms with Gasteiger partial charge in [-0.25, -0.2) is 4.39 Å². The zero-order chi connectivity index (χ0) is 20.9. The molecule has 2 amide bonds. The van der Waals surface area contributed by atoms with Crippen LogP contribution >= 0.6 is 0 Å². The monoisotopic (exact) mass is 405 g/mol. The van der Waals surface area contributed by atoms with Crippen LogP contribution in [0.25, 0.3) is 0 Å². The second kappa shape index (κ2) is 8.73. The minimum absolute atomic E-state index is 0.0603. The highest BCUT2D eigenvalue weighted by Crippen LogP contribution is 2.30. The summed E-state index contributed by atoms with van der Waals surface area (Å²) in [6, 6.07) is 16.4. The van der Waals surface area contributed by atoms with Crippen LogP contribution in [0.3, 0.4) is 0 Å². The minimum atomic E-state index is -0.451. The topological polar surface area (TPSA) is 71.5 Å². The van der Waals surface area contributed by atoms with Gasteiger partial charge in [-0.15, -0.1) is 0 Å². The molecule has 1 atom stereocenters. The van der Waals surface area contributed by atoms with Gasteiger partial charge in [0.1, 0.15) is 11.6 Å². The number of likely N-dealkylation sites (tertiary alicyclic amines) is 1. The largest absolute Gasteiger partial charge is 0.455 e. The van der Waals surface area contributed by atoms with E-state index in [4.69, 9.17) is 4.74 Å². The Hall–Kier alpha value is -3.74. The van der Waals surface area contributed by atoms with Crippen LogP contribution < -0.4 is 10.1 Å². The maximum Gasteiger partial charge on any atom is 0.229 e. The third-order valence-electron chi connectivity index (χ3n) is 4.87. The molecule has 6 nitrogen and oxygen atoms in total. The molecule has 0 radical (unpaired) electrons. The first-order valence-electron chi connectivity index (χ1n) is 9.58. The summed E-state index contributed by atoms with van der Waals surface area (Å²) >= 11 is 0. The molecule has 4 rings (SSSR count). The van der Waals surface area contributed by atoms with Crippen molar-refractivity contribution in [1.29, 1.82) is 0 Å². The van der Waals surface area contributed by atoms with E-state index in [1.807, 2.05) is 12.1 Å². The fraction of sp³-hybridized carbons (Fsp3) is 0.174. The van der Waals surface area contributed by atoms with Gasteiger partial charge in [0.15, 0.2) is 5.75 Å². The van der Waals surface area contributed by atoms with Crippen molar-refractivity contribution in [2.75, 3.05) is 11.9 Å². The van der Waals surface area contributed by atoms with E-state index in [1.165, 1.54) is 24.3 Å². The maximum atomic E-state index is 13.1. The third kappa shape index (κ3) is 4.63. The molecule has 0 spiro atoms. The third-order valence-corrected chi connectivity index (χ3v) is 4.87. The van der Waals surface area contributed by atoms with Crippen LogP contribution in [0, 0.1) is 11.7 Å². The van der Waals surface area contributed by atoms with Gasteiger partial charge < -0.3 is 15.0 Å². The van der Waals surface area contributed by atoms with Gasteiger partial charge in [0, 0.05) is 31.9 Å². The van der Waals surface area contributed by atoms with Crippen molar-refractivity contribution < 1.29 is 18.7 Å². The van der Waals surface area contributed by atoms with Gasteiger partial charge in [0.2, 0.25) is 11.8 Å². The Morgan fingerprint density at radius 1 is 1.13 bits per heavy atom. The van der Waals surface area contributed by atoms with E-state index < -0.39 is 5.92 Å². The maximum absolute atomic E-state index is 13.1. The quantitative estimate of drug-likeness (QED) is 0.673. The molecule has 0 saturated carbocycles. The average Bonchev–Trinajstić information content (AvgIpc) is 3.12. The van der Waals surface area contributed by atoms with Gasteiger partial charge in [-0.05, 0) is 48.0 Å². The zero-order valence-corrected chi connectivity index (χ0v) is 16.1. The number of ether oxygens (including phenoxy) is 1. The summed E-state index contributed by atoms with van der Waals surface area (Å²) in [5, 5.41) is 2.86. The molecule has 0 bridgehead atoms. The Morgan fingerprint density at radius 3 is 2.70 bits per heavy atom. The van der Waals surface area contributed by atoms with E-state index in [0.717, 1.165) is 5.56 Å². The molecular formula is C23H20FN3O3. The average molecular weight is 405 g/mol. The van der Waals surface area contributed by atoms with E-state index in [1.54, 1.807) is 41.6 Å². The second-order valence-electron chi connectivity index (χ2n) is 7.08. The number of carbonyl (C=O) groups is 2. The summed E-state index contributed by atoms with van der Waals surface area (Å²) in [6.07, 6.45) is 3.55. The molecular weight excluding hydrogens is 385 g/mol. The van der Waals surface area contributed by atoms with Crippen LogP contribution in [0.1, 0.15) is 12.0 Å². The molecule has 30 heavy (non-hydrogen) atoms. The van der Waals surface area contributed by atoms with Gasteiger partial charge in [-0.1, -0.05) is 18.2 Å². The van der Waals surface area contributed by atoms with E-state index >= 15 is 0 Å². The van der Waals surface area contributed by atoms with Crippen LogP contribution in [0.4, 0.5) is 10.1 Å². The van der Waals surface area contributed by atoms with Crippen molar-refractivity contribution in [3.05, 3.63) is 84.4 Å². The SMILES string of the molecule is O=C(Nc1ccccc1Oc1ccc(F)cc1)[C@H]1CC(=O)N(Cc2cccnc2)C1. The molecule has 2 heterocycles.